The Morgan fingerprint density at radius 3 is 2.67 bits per heavy atom. The smallest absolute Gasteiger partial charge is 0.0624 e. The largest absolute Gasteiger partial charge is 0.314 e. The molecule has 0 spiro atoms. The molecule has 1 aromatic rings. The van der Waals surface area contributed by atoms with E-state index in [0.717, 1.165) is 31.3 Å². The molecule has 0 radical (unpaired) electrons. The molecule has 1 aliphatic rings. The lowest BCUT2D eigenvalue weighted by molar-refractivity contribution is 0.197. The molecule has 1 N–H and O–H groups in total. The lowest BCUT2D eigenvalue weighted by atomic mass is 9.75. The standard InChI is InChI=1S/C18H33N3/c1-5-14-9-10-18(19-7-3)15(11-14)12-17-13-16(6-2)20-21(17)8-4/h13-15,18-19H,5-12H2,1-4H3. The van der Waals surface area contributed by atoms with Gasteiger partial charge in [-0.3, -0.25) is 4.68 Å². The van der Waals surface area contributed by atoms with E-state index in [1.165, 1.54) is 43.5 Å². The van der Waals surface area contributed by atoms with Crippen molar-refractivity contribution in [2.75, 3.05) is 6.54 Å². The van der Waals surface area contributed by atoms with Crippen LogP contribution in [0.25, 0.3) is 0 Å². The first-order chi connectivity index (χ1) is 10.2. The Morgan fingerprint density at radius 1 is 1.24 bits per heavy atom. The highest BCUT2D eigenvalue weighted by atomic mass is 15.3. The fraction of sp³-hybridized carbons (Fsp3) is 0.833. The molecular weight excluding hydrogens is 258 g/mol. The van der Waals surface area contributed by atoms with Gasteiger partial charge in [0, 0.05) is 18.3 Å². The molecule has 0 saturated heterocycles. The van der Waals surface area contributed by atoms with Gasteiger partial charge in [-0.25, -0.2) is 0 Å². The highest BCUT2D eigenvalue weighted by Gasteiger charge is 2.30. The average molecular weight is 291 g/mol. The van der Waals surface area contributed by atoms with Gasteiger partial charge in [0.25, 0.3) is 0 Å². The van der Waals surface area contributed by atoms with Gasteiger partial charge in [0.05, 0.1) is 5.69 Å². The molecule has 1 saturated carbocycles. The highest BCUT2D eigenvalue weighted by molar-refractivity contribution is 5.12. The molecule has 1 heterocycles. The summed E-state index contributed by atoms with van der Waals surface area (Å²) in [6, 6.07) is 3.03. The normalized spacial score (nSPS) is 26.2. The molecule has 1 aliphatic carbocycles. The topological polar surface area (TPSA) is 29.9 Å². The zero-order chi connectivity index (χ0) is 15.2. The number of rotatable bonds is 7. The Morgan fingerprint density at radius 2 is 2.05 bits per heavy atom. The fourth-order valence-corrected chi connectivity index (χ4v) is 3.88. The number of aryl methyl sites for hydroxylation is 2. The summed E-state index contributed by atoms with van der Waals surface area (Å²) in [6.07, 6.45) is 7.69. The Labute approximate surface area is 130 Å². The van der Waals surface area contributed by atoms with Crippen LogP contribution in [0.15, 0.2) is 6.07 Å². The van der Waals surface area contributed by atoms with Crippen LogP contribution in [0.1, 0.15) is 64.8 Å². The molecule has 0 bridgehead atoms. The maximum Gasteiger partial charge on any atom is 0.0624 e. The third kappa shape index (κ3) is 4.09. The monoisotopic (exact) mass is 291 g/mol. The van der Waals surface area contributed by atoms with Crippen LogP contribution in [0, 0.1) is 11.8 Å². The van der Waals surface area contributed by atoms with E-state index in [4.69, 9.17) is 5.10 Å². The van der Waals surface area contributed by atoms with E-state index in [-0.39, 0.29) is 0 Å². The van der Waals surface area contributed by atoms with Crippen molar-refractivity contribution in [3.63, 3.8) is 0 Å². The van der Waals surface area contributed by atoms with Gasteiger partial charge in [-0.15, -0.1) is 0 Å². The molecular formula is C18H33N3. The summed E-state index contributed by atoms with van der Waals surface area (Å²) in [5.74, 6) is 1.70. The summed E-state index contributed by atoms with van der Waals surface area (Å²) in [7, 11) is 0. The van der Waals surface area contributed by atoms with E-state index in [1.54, 1.807) is 0 Å². The predicted molar refractivity (Wildman–Crippen MR) is 89.6 cm³/mol. The Kier molecular flexibility index (Phi) is 6.28. The second-order valence-corrected chi connectivity index (χ2v) is 6.51. The minimum Gasteiger partial charge on any atom is -0.314 e. The third-order valence-electron chi connectivity index (χ3n) is 5.18. The van der Waals surface area contributed by atoms with Crippen LogP contribution < -0.4 is 5.32 Å². The average Bonchev–Trinajstić information content (AvgIpc) is 2.91. The summed E-state index contributed by atoms with van der Waals surface area (Å²) in [6.45, 7) is 11.1. The van der Waals surface area contributed by atoms with Gasteiger partial charge in [0.2, 0.25) is 0 Å². The van der Waals surface area contributed by atoms with Crippen molar-refractivity contribution in [3.05, 3.63) is 17.5 Å². The van der Waals surface area contributed by atoms with Crippen molar-refractivity contribution >= 4 is 0 Å². The molecule has 120 valence electrons. The van der Waals surface area contributed by atoms with E-state index < -0.39 is 0 Å². The van der Waals surface area contributed by atoms with Gasteiger partial charge in [-0.1, -0.05) is 27.2 Å². The molecule has 0 amide bonds. The van der Waals surface area contributed by atoms with Crippen molar-refractivity contribution in [1.29, 1.82) is 0 Å². The van der Waals surface area contributed by atoms with Crippen molar-refractivity contribution in [2.24, 2.45) is 11.8 Å². The van der Waals surface area contributed by atoms with E-state index in [0.29, 0.717) is 6.04 Å². The molecule has 0 aromatic carbocycles. The molecule has 3 heteroatoms. The Hall–Kier alpha value is -0.830. The van der Waals surface area contributed by atoms with Gasteiger partial charge < -0.3 is 5.32 Å². The van der Waals surface area contributed by atoms with Crippen LogP contribution in [-0.2, 0) is 19.4 Å². The number of hydrogen-bond acceptors (Lipinski definition) is 2. The van der Waals surface area contributed by atoms with Gasteiger partial charge in [-0.2, -0.15) is 5.10 Å². The van der Waals surface area contributed by atoms with Gasteiger partial charge in [-0.05, 0) is 63.5 Å². The minimum atomic E-state index is 0.697. The van der Waals surface area contributed by atoms with Crippen LogP contribution in [0.2, 0.25) is 0 Å². The minimum absolute atomic E-state index is 0.697. The van der Waals surface area contributed by atoms with E-state index in [1.807, 2.05) is 0 Å². The molecule has 3 atom stereocenters. The van der Waals surface area contributed by atoms with E-state index >= 15 is 0 Å². The summed E-state index contributed by atoms with van der Waals surface area (Å²) >= 11 is 0. The van der Waals surface area contributed by atoms with Gasteiger partial charge in [0.1, 0.15) is 0 Å². The maximum atomic E-state index is 4.72. The third-order valence-corrected chi connectivity index (χ3v) is 5.18. The van der Waals surface area contributed by atoms with E-state index in [2.05, 4.69) is 43.8 Å². The molecule has 21 heavy (non-hydrogen) atoms. The summed E-state index contributed by atoms with van der Waals surface area (Å²) in [4.78, 5) is 0. The highest BCUT2D eigenvalue weighted by Crippen LogP contribution is 2.33. The first-order valence-electron chi connectivity index (χ1n) is 9.00. The Balaban J connectivity index is 2.11. The zero-order valence-corrected chi connectivity index (χ0v) is 14.4. The second-order valence-electron chi connectivity index (χ2n) is 6.51. The lowest BCUT2D eigenvalue weighted by Gasteiger charge is -2.36. The molecule has 1 fully saturated rings. The fourth-order valence-electron chi connectivity index (χ4n) is 3.88. The quantitative estimate of drug-likeness (QED) is 0.828. The molecule has 1 aromatic heterocycles. The lowest BCUT2D eigenvalue weighted by Crippen LogP contribution is -2.41. The van der Waals surface area contributed by atoms with Crippen molar-refractivity contribution in [1.82, 2.24) is 15.1 Å². The van der Waals surface area contributed by atoms with Crippen LogP contribution in [0.5, 0.6) is 0 Å². The number of nitrogens with one attached hydrogen (secondary N) is 1. The molecule has 2 rings (SSSR count). The zero-order valence-electron chi connectivity index (χ0n) is 14.4. The van der Waals surface area contributed by atoms with Gasteiger partial charge in [0.15, 0.2) is 0 Å². The predicted octanol–water partition coefficient (Wildman–Crippen LogP) is 3.81. The Bertz CT molecular complexity index is 424. The molecule has 0 aliphatic heterocycles. The van der Waals surface area contributed by atoms with Crippen LogP contribution in [-0.4, -0.2) is 22.4 Å². The van der Waals surface area contributed by atoms with Crippen molar-refractivity contribution in [3.8, 4) is 0 Å². The SMILES string of the molecule is CCNC1CCC(CC)CC1Cc1cc(CC)nn1CC. The van der Waals surface area contributed by atoms with Crippen LogP contribution in [0.4, 0.5) is 0 Å². The summed E-state index contributed by atoms with van der Waals surface area (Å²) < 4.78 is 2.22. The number of nitrogens with zero attached hydrogens (tertiary/aromatic N) is 2. The summed E-state index contributed by atoms with van der Waals surface area (Å²) in [5.41, 5.74) is 2.69. The molecule has 3 nitrogen and oxygen atoms in total. The van der Waals surface area contributed by atoms with E-state index in [9.17, 15) is 0 Å². The van der Waals surface area contributed by atoms with Crippen molar-refractivity contribution in [2.45, 2.75) is 78.8 Å². The van der Waals surface area contributed by atoms with Gasteiger partial charge >= 0.3 is 0 Å². The van der Waals surface area contributed by atoms with Crippen molar-refractivity contribution < 1.29 is 0 Å². The van der Waals surface area contributed by atoms with Crippen LogP contribution >= 0.6 is 0 Å². The number of hydrogen-bond donors (Lipinski definition) is 1. The van der Waals surface area contributed by atoms with Crippen LogP contribution in [0.3, 0.4) is 0 Å². The maximum absolute atomic E-state index is 4.72. The second kappa shape index (κ2) is 7.98. The first kappa shape index (κ1) is 16.5. The first-order valence-corrected chi connectivity index (χ1v) is 9.00. The number of aromatic nitrogens is 2. The summed E-state index contributed by atoms with van der Waals surface area (Å²) in [5, 5.41) is 8.45. The molecule has 3 unspecified atom stereocenters.